The molecule has 0 atom stereocenters. The summed E-state index contributed by atoms with van der Waals surface area (Å²) in [5.41, 5.74) is 1.15. The van der Waals surface area contributed by atoms with E-state index in [1.807, 2.05) is 18.2 Å². The van der Waals surface area contributed by atoms with Crippen LogP contribution in [0.2, 0.25) is 0 Å². The molecule has 0 radical (unpaired) electrons. The Balaban J connectivity index is 1.42. The van der Waals surface area contributed by atoms with Crippen LogP contribution in [0, 0.1) is 0 Å². The lowest BCUT2D eigenvalue weighted by molar-refractivity contribution is 0.413. The van der Waals surface area contributed by atoms with Crippen LogP contribution < -0.4 is 19.9 Å². The summed E-state index contributed by atoms with van der Waals surface area (Å²) in [6.07, 6.45) is 4.15. The minimum atomic E-state index is 0.532. The van der Waals surface area contributed by atoms with E-state index in [1.54, 1.807) is 13.3 Å². The average Bonchev–Trinajstić information content (AvgIpc) is 3.46. The first-order valence-corrected chi connectivity index (χ1v) is 8.42. The first kappa shape index (κ1) is 15.0. The summed E-state index contributed by atoms with van der Waals surface area (Å²) < 4.78 is 5.47. The summed E-state index contributed by atoms with van der Waals surface area (Å²) in [7, 11) is 1.72. The third-order valence-electron chi connectivity index (χ3n) is 4.49. The zero-order valence-corrected chi connectivity index (χ0v) is 13.9. The molecule has 1 aliphatic carbocycles. The highest BCUT2D eigenvalue weighted by Gasteiger charge is 2.24. The number of anilines is 3. The molecule has 0 unspecified atom stereocenters. The maximum absolute atomic E-state index is 5.47. The van der Waals surface area contributed by atoms with Gasteiger partial charge in [-0.15, -0.1) is 5.10 Å². The lowest BCUT2D eigenvalue weighted by atomic mass is 10.2. The first-order chi connectivity index (χ1) is 11.8. The number of hydrogen-bond donors (Lipinski definition) is 1. The van der Waals surface area contributed by atoms with Crippen LogP contribution in [0.25, 0.3) is 0 Å². The lowest BCUT2D eigenvalue weighted by Gasteiger charge is -2.37. The third kappa shape index (κ3) is 3.20. The molecule has 0 spiro atoms. The Morgan fingerprint density at radius 3 is 2.58 bits per heavy atom. The van der Waals surface area contributed by atoms with Gasteiger partial charge in [0.15, 0.2) is 5.82 Å². The van der Waals surface area contributed by atoms with Gasteiger partial charge < -0.3 is 19.9 Å². The number of nitrogens with zero attached hydrogens (tertiary/aromatic N) is 5. The Hall–Kier alpha value is -2.57. The molecule has 1 aromatic carbocycles. The van der Waals surface area contributed by atoms with Crippen molar-refractivity contribution in [2.45, 2.75) is 18.9 Å². The van der Waals surface area contributed by atoms with Gasteiger partial charge in [0.1, 0.15) is 5.75 Å². The number of benzene rings is 1. The van der Waals surface area contributed by atoms with Gasteiger partial charge in [0.2, 0.25) is 5.95 Å². The number of piperazine rings is 1. The molecule has 1 saturated carbocycles. The quantitative estimate of drug-likeness (QED) is 0.898. The molecule has 7 nitrogen and oxygen atoms in total. The van der Waals surface area contributed by atoms with Crippen molar-refractivity contribution >= 4 is 17.5 Å². The Kier molecular flexibility index (Phi) is 4.06. The third-order valence-corrected chi connectivity index (χ3v) is 4.49. The number of rotatable bonds is 5. The van der Waals surface area contributed by atoms with Crippen molar-refractivity contribution in [3.63, 3.8) is 0 Å². The van der Waals surface area contributed by atoms with E-state index >= 15 is 0 Å². The largest absolute Gasteiger partial charge is 0.495 e. The molecule has 1 N–H and O–H groups in total. The highest BCUT2D eigenvalue weighted by molar-refractivity contribution is 5.59. The summed E-state index contributed by atoms with van der Waals surface area (Å²) in [6.45, 7) is 3.66. The van der Waals surface area contributed by atoms with Gasteiger partial charge in [-0.2, -0.15) is 10.1 Å². The van der Waals surface area contributed by atoms with Crippen molar-refractivity contribution in [1.29, 1.82) is 0 Å². The second-order valence-corrected chi connectivity index (χ2v) is 6.20. The molecule has 1 aromatic heterocycles. The molecule has 2 fully saturated rings. The molecular weight excluding hydrogens is 304 g/mol. The topological polar surface area (TPSA) is 66.4 Å². The molecule has 4 rings (SSSR count). The number of ether oxygens (including phenoxy) is 1. The first-order valence-electron chi connectivity index (χ1n) is 8.42. The molecule has 0 bridgehead atoms. The van der Waals surface area contributed by atoms with Crippen molar-refractivity contribution in [2.75, 3.05) is 48.4 Å². The average molecular weight is 326 g/mol. The van der Waals surface area contributed by atoms with Gasteiger partial charge in [0, 0.05) is 32.2 Å². The van der Waals surface area contributed by atoms with Gasteiger partial charge in [0.05, 0.1) is 19.0 Å². The van der Waals surface area contributed by atoms with Crippen LogP contribution >= 0.6 is 0 Å². The van der Waals surface area contributed by atoms with E-state index in [2.05, 4.69) is 36.4 Å². The van der Waals surface area contributed by atoms with Gasteiger partial charge in [-0.25, -0.2) is 0 Å². The lowest BCUT2D eigenvalue weighted by Crippen LogP contribution is -2.47. The van der Waals surface area contributed by atoms with E-state index in [9.17, 15) is 0 Å². The van der Waals surface area contributed by atoms with Gasteiger partial charge >= 0.3 is 0 Å². The molecule has 1 aliphatic heterocycles. The second kappa shape index (κ2) is 6.51. The van der Waals surface area contributed by atoms with Crippen molar-refractivity contribution in [3.05, 3.63) is 30.5 Å². The summed E-state index contributed by atoms with van der Waals surface area (Å²) in [5.74, 6) is 2.46. The predicted octanol–water partition coefficient (Wildman–Crippen LogP) is 1.78. The highest BCUT2D eigenvalue weighted by atomic mass is 16.5. The Labute approximate surface area is 141 Å². The van der Waals surface area contributed by atoms with Crippen LogP contribution in [0.5, 0.6) is 5.75 Å². The standard InChI is InChI=1S/C17H22N6O/c1-24-15-5-3-2-4-14(15)22-8-10-23(11-9-22)16-12-18-21-17(20-16)19-13-6-7-13/h2-5,12-13H,6-11H2,1H3,(H,19,20,21). The van der Waals surface area contributed by atoms with Crippen molar-refractivity contribution < 1.29 is 4.74 Å². The maximum atomic E-state index is 5.47. The number of hydrogen-bond acceptors (Lipinski definition) is 7. The maximum Gasteiger partial charge on any atom is 0.244 e. The van der Waals surface area contributed by atoms with Crippen molar-refractivity contribution in [1.82, 2.24) is 15.2 Å². The number of aromatic nitrogens is 3. The van der Waals surface area contributed by atoms with Gasteiger partial charge in [0.25, 0.3) is 0 Å². The van der Waals surface area contributed by atoms with Crippen LogP contribution in [0.4, 0.5) is 17.5 Å². The molecule has 2 aromatic rings. The highest BCUT2D eigenvalue weighted by Crippen LogP contribution is 2.29. The van der Waals surface area contributed by atoms with E-state index < -0.39 is 0 Å². The number of nitrogens with one attached hydrogen (secondary N) is 1. The SMILES string of the molecule is COc1ccccc1N1CCN(c2cnnc(NC3CC3)n2)CC1. The zero-order valence-electron chi connectivity index (χ0n) is 13.9. The van der Waals surface area contributed by atoms with E-state index in [-0.39, 0.29) is 0 Å². The predicted molar refractivity (Wildman–Crippen MR) is 93.9 cm³/mol. The Morgan fingerprint density at radius 2 is 1.83 bits per heavy atom. The molecule has 1 saturated heterocycles. The van der Waals surface area contributed by atoms with E-state index in [0.717, 1.165) is 43.4 Å². The van der Waals surface area contributed by atoms with Gasteiger partial charge in [-0.05, 0) is 25.0 Å². The van der Waals surface area contributed by atoms with Crippen LogP contribution in [-0.2, 0) is 0 Å². The Morgan fingerprint density at radius 1 is 1.08 bits per heavy atom. The molecule has 24 heavy (non-hydrogen) atoms. The Bertz CT molecular complexity index is 697. The molecular formula is C17H22N6O. The summed E-state index contributed by atoms with van der Waals surface area (Å²) in [5, 5.41) is 11.5. The smallest absolute Gasteiger partial charge is 0.244 e. The monoisotopic (exact) mass is 326 g/mol. The zero-order chi connectivity index (χ0) is 16.4. The fraction of sp³-hybridized carbons (Fsp3) is 0.471. The molecule has 2 heterocycles. The van der Waals surface area contributed by atoms with E-state index in [0.29, 0.717) is 12.0 Å². The summed E-state index contributed by atoms with van der Waals surface area (Å²) >= 11 is 0. The normalized spacial score (nSPS) is 17.7. The molecule has 2 aliphatic rings. The van der Waals surface area contributed by atoms with Crippen LogP contribution in [0.15, 0.2) is 30.5 Å². The molecule has 7 heteroatoms. The fourth-order valence-corrected chi connectivity index (χ4v) is 2.99. The molecule has 126 valence electrons. The van der Waals surface area contributed by atoms with Gasteiger partial charge in [-0.3, -0.25) is 0 Å². The van der Waals surface area contributed by atoms with Crippen molar-refractivity contribution in [3.8, 4) is 5.75 Å². The van der Waals surface area contributed by atoms with E-state index in [1.165, 1.54) is 12.8 Å². The van der Waals surface area contributed by atoms with Crippen LogP contribution in [0.3, 0.4) is 0 Å². The number of para-hydroxylation sites is 2. The molecule has 0 amide bonds. The summed E-state index contributed by atoms with van der Waals surface area (Å²) in [4.78, 5) is 9.22. The minimum Gasteiger partial charge on any atom is -0.495 e. The van der Waals surface area contributed by atoms with Crippen LogP contribution in [0.1, 0.15) is 12.8 Å². The van der Waals surface area contributed by atoms with Crippen LogP contribution in [-0.4, -0.2) is 54.5 Å². The summed E-state index contributed by atoms with van der Waals surface area (Å²) in [6, 6.07) is 8.70. The number of methoxy groups -OCH3 is 1. The second-order valence-electron chi connectivity index (χ2n) is 6.20. The van der Waals surface area contributed by atoms with Gasteiger partial charge in [-0.1, -0.05) is 12.1 Å². The van der Waals surface area contributed by atoms with Crippen molar-refractivity contribution in [2.24, 2.45) is 0 Å². The fourth-order valence-electron chi connectivity index (χ4n) is 2.99. The minimum absolute atomic E-state index is 0.532. The van der Waals surface area contributed by atoms with E-state index in [4.69, 9.17) is 4.74 Å².